The second-order valence-electron chi connectivity index (χ2n) is 4.85. The Kier molecular flexibility index (Phi) is 5.66. The highest BCUT2D eigenvalue weighted by atomic mass is 16.3. The molecular weight excluding hydrogens is 210 g/mol. The Balaban J connectivity index is 2.29. The summed E-state index contributed by atoms with van der Waals surface area (Å²) in [5, 5.41) is 13.5. The summed E-state index contributed by atoms with van der Waals surface area (Å²) >= 11 is 0. The predicted molar refractivity (Wildman–Crippen MR) is 73.3 cm³/mol. The molecule has 0 radical (unpaired) electrons. The van der Waals surface area contributed by atoms with Gasteiger partial charge in [0.1, 0.15) is 0 Å². The van der Waals surface area contributed by atoms with E-state index in [2.05, 4.69) is 36.5 Å². The highest BCUT2D eigenvalue weighted by molar-refractivity contribution is 5.22. The first-order valence-corrected chi connectivity index (χ1v) is 6.58. The van der Waals surface area contributed by atoms with Crippen molar-refractivity contribution in [2.24, 2.45) is 0 Å². The minimum atomic E-state index is -0.535. The minimum absolute atomic E-state index is 0.535. The van der Waals surface area contributed by atoms with Crippen LogP contribution in [0.4, 0.5) is 0 Å². The second-order valence-corrected chi connectivity index (χ2v) is 4.85. The lowest BCUT2D eigenvalue weighted by atomic mass is 9.97. The summed E-state index contributed by atoms with van der Waals surface area (Å²) in [6, 6.07) is 8.58. The molecule has 0 aliphatic heterocycles. The average molecular weight is 235 g/mol. The van der Waals surface area contributed by atoms with Crippen molar-refractivity contribution in [2.45, 2.75) is 45.6 Å². The second kappa shape index (κ2) is 6.77. The maximum atomic E-state index is 10.1. The summed E-state index contributed by atoms with van der Waals surface area (Å²) in [5.74, 6) is 0. The molecule has 0 aromatic heterocycles. The molecule has 1 aromatic rings. The first kappa shape index (κ1) is 14.2. The molecule has 0 aliphatic carbocycles. The largest absolute Gasteiger partial charge is 0.389 e. The Morgan fingerprint density at radius 1 is 1.24 bits per heavy atom. The third kappa shape index (κ3) is 4.88. The van der Waals surface area contributed by atoms with E-state index in [1.54, 1.807) is 0 Å². The van der Waals surface area contributed by atoms with Crippen molar-refractivity contribution < 1.29 is 5.11 Å². The van der Waals surface area contributed by atoms with Crippen LogP contribution in [-0.2, 0) is 6.42 Å². The molecule has 0 amide bonds. The molecule has 0 fully saturated rings. The number of aliphatic hydroxyl groups is 1. The highest BCUT2D eigenvalue weighted by Gasteiger charge is 2.20. The van der Waals surface area contributed by atoms with Crippen molar-refractivity contribution in [3.63, 3.8) is 0 Å². The van der Waals surface area contributed by atoms with Crippen molar-refractivity contribution in [1.82, 2.24) is 5.32 Å². The van der Waals surface area contributed by atoms with Gasteiger partial charge < -0.3 is 10.4 Å². The maximum absolute atomic E-state index is 10.1. The fourth-order valence-corrected chi connectivity index (χ4v) is 1.92. The van der Waals surface area contributed by atoms with Crippen molar-refractivity contribution in [2.75, 3.05) is 13.1 Å². The van der Waals surface area contributed by atoms with Crippen LogP contribution in [0.1, 0.15) is 37.8 Å². The van der Waals surface area contributed by atoms with Crippen LogP contribution in [0.2, 0.25) is 0 Å². The van der Waals surface area contributed by atoms with E-state index >= 15 is 0 Å². The predicted octanol–water partition coefficient (Wildman–Crippen LogP) is 2.68. The Morgan fingerprint density at radius 3 is 2.53 bits per heavy atom. The van der Waals surface area contributed by atoms with Crippen LogP contribution in [0.25, 0.3) is 0 Å². The molecular formula is C15H25NO. The van der Waals surface area contributed by atoms with E-state index in [4.69, 9.17) is 0 Å². The summed E-state index contributed by atoms with van der Waals surface area (Å²) in [4.78, 5) is 0. The molecule has 0 aliphatic rings. The Morgan fingerprint density at radius 2 is 1.94 bits per heavy atom. The third-order valence-electron chi connectivity index (χ3n) is 3.44. The van der Waals surface area contributed by atoms with Crippen molar-refractivity contribution in [3.8, 4) is 0 Å². The van der Waals surface area contributed by atoms with E-state index in [9.17, 15) is 5.11 Å². The molecule has 2 N–H and O–H groups in total. The normalized spacial score (nSPS) is 11.8. The fourth-order valence-electron chi connectivity index (χ4n) is 1.92. The van der Waals surface area contributed by atoms with E-state index in [1.165, 1.54) is 11.1 Å². The van der Waals surface area contributed by atoms with Gasteiger partial charge in [0, 0.05) is 6.54 Å². The molecule has 1 aromatic carbocycles. The molecule has 1 rings (SSSR count). The molecule has 96 valence electrons. The van der Waals surface area contributed by atoms with Gasteiger partial charge in [-0.2, -0.15) is 0 Å². The van der Waals surface area contributed by atoms with Gasteiger partial charge in [0.25, 0.3) is 0 Å². The topological polar surface area (TPSA) is 32.3 Å². The zero-order valence-corrected chi connectivity index (χ0v) is 11.3. The van der Waals surface area contributed by atoms with Crippen LogP contribution in [0, 0.1) is 6.92 Å². The highest BCUT2D eigenvalue weighted by Crippen LogP contribution is 2.12. The molecule has 0 spiro atoms. The number of benzene rings is 1. The molecule has 0 saturated heterocycles. The summed E-state index contributed by atoms with van der Waals surface area (Å²) in [6.07, 6.45) is 2.63. The van der Waals surface area contributed by atoms with Gasteiger partial charge in [-0.25, -0.2) is 0 Å². The molecule has 0 atom stereocenters. The Hall–Kier alpha value is -0.860. The minimum Gasteiger partial charge on any atom is -0.389 e. The van der Waals surface area contributed by atoms with E-state index in [0.717, 1.165) is 25.8 Å². The number of hydrogen-bond donors (Lipinski definition) is 2. The zero-order chi connectivity index (χ0) is 12.7. The summed E-state index contributed by atoms with van der Waals surface area (Å²) in [7, 11) is 0. The van der Waals surface area contributed by atoms with Crippen LogP contribution in [0.5, 0.6) is 0 Å². The zero-order valence-electron chi connectivity index (χ0n) is 11.3. The molecule has 0 heterocycles. The van der Waals surface area contributed by atoms with Gasteiger partial charge in [0.05, 0.1) is 5.60 Å². The number of rotatable bonds is 7. The number of nitrogens with one attached hydrogen (secondary N) is 1. The monoisotopic (exact) mass is 235 g/mol. The van der Waals surface area contributed by atoms with Crippen LogP contribution >= 0.6 is 0 Å². The fraction of sp³-hybridized carbons (Fsp3) is 0.600. The average Bonchev–Trinajstić information content (AvgIpc) is 2.34. The van der Waals surface area contributed by atoms with Gasteiger partial charge in [-0.15, -0.1) is 0 Å². The lowest BCUT2D eigenvalue weighted by molar-refractivity contribution is 0.0328. The first-order chi connectivity index (χ1) is 8.09. The van der Waals surface area contributed by atoms with Crippen LogP contribution in [0.15, 0.2) is 24.3 Å². The molecule has 0 saturated carbocycles. The van der Waals surface area contributed by atoms with E-state index in [0.29, 0.717) is 6.54 Å². The summed E-state index contributed by atoms with van der Waals surface area (Å²) < 4.78 is 0. The van der Waals surface area contributed by atoms with Gasteiger partial charge in [-0.3, -0.25) is 0 Å². The summed E-state index contributed by atoms with van der Waals surface area (Å²) in [5.41, 5.74) is 2.13. The van der Waals surface area contributed by atoms with Crippen molar-refractivity contribution >= 4 is 0 Å². The molecule has 0 bridgehead atoms. The van der Waals surface area contributed by atoms with Crippen molar-refractivity contribution in [1.29, 1.82) is 0 Å². The standard InChI is InChI=1S/C15H25NO/c1-4-15(17,5-2)12-16-10-9-14-8-6-7-13(3)11-14/h6-8,11,16-17H,4-5,9-10,12H2,1-3H3. The number of hydrogen-bond acceptors (Lipinski definition) is 2. The van der Waals surface area contributed by atoms with Gasteiger partial charge in [-0.05, 0) is 38.3 Å². The van der Waals surface area contributed by atoms with E-state index in [1.807, 2.05) is 13.8 Å². The number of aryl methyl sites for hydroxylation is 1. The van der Waals surface area contributed by atoms with E-state index < -0.39 is 5.60 Å². The van der Waals surface area contributed by atoms with Crippen LogP contribution in [0.3, 0.4) is 0 Å². The lowest BCUT2D eigenvalue weighted by Crippen LogP contribution is -2.40. The van der Waals surface area contributed by atoms with Gasteiger partial charge in [0.2, 0.25) is 0 Å². The van der Waals surface area contributed by atoms with Crippen LogP contribution in [-0.4, -0.2) is 23.8 Å². The van der Waals surface area contributed by atoms with Gasteiger partial charge in [-0.1, -0.05) is 43.7 Å². The molecule has 2 nitrogen and oxygen atoms in total. The van der Waals surface area contributed by atoms with Crippen LogP contribution < -0.4 is 5.32 Å². The SMILES string of the molecule is CCC(O)(CC)CNCCc1cccc(C)c1. The molecule has 0 unspecified atom stereocenters. The van der Waals surface area contributed by atoms with E-state index in [-0.39, 0.29) is 0 Å². The smallest absolute Gasteiger partial charge is 0.0766 e. The molecule has 17 heavy (non-hydrogen) atoms. The lowest BCUT2D eigenvalue weighted by Gasteiger charge is -2.25. The molecule has 2 heteroatoms. The van der Waals surface area contributed by atoms with Gasteiger partial charge in [0.15, 0.2) is 0 Å². The first-order valence-electron chi connectivity index (χ1n) is 6.58. The van der Waals surface area contributed by atoms with Crippen molar-refractivity contribution in [3.05, 3.63) is 35.4 Å². The maximum Gasteiger partial charge on any atom is 0.0766 e. The van der Waals surface area contributed by atoms with Gasteiger partial charge >= 0.3 is 0 Å². The summed E-state index contributed by atoms with van der Waals surface area (Å²) in [6.45, 7) is 7.79. The third-order valence-corrected chi connectivity index (χ3v) is 3.44. The quantitative estimate of drug-likeness (QED) is 0.712. The Labute approximate surface area is 105 Å². The Bertz CT molecular complexity index is 331.